The molecular weight excluding hydrogens is 622 g/mol. The van der Waals surface area contributed by atoms with Gasteiger partial charge in [-0.2, -0.15) is 0 Å². The maximum atomic E-state index is 13.7. The molecule has 0 aromatic heterocycles. The van der Waals surface area contributed by atoms with Gasteiger partial charge < -0.3 is 31.5 Å². The van der Waals surface area contributed by atoms with Crippen molar-refractivity contribution < 1.29 is 39.1 Å². The number of aliphatic carboxylic acids is 1. The van der Waals surface area contributed by atoms with Crippen LogP contribution in [0, 0.1) is 16.0 Å². The summed E-state index contributed by atoms with van der Waals surface area (Å²) in [5, 5.41) is 40.3. The maximum Gasteiger partial charge on any atom is 0.303 e. The molecule has 4 amide bonds. The first-order valence-electron chi connectivity index (χ1n) is 15.3. The fourth-order valence-electron chi connectivity index (χ4n) is 4.77. The highest BCUT2D eigenvalue weighted by molar-refractivity contribution is 5.99. The minimum absolute atomic E-state index is 0.00147. The molecule has 0 unspecified atom stereocenters. The third-order valence-electron chi connectivity index (χ3n) is 7.20. The number of carboxylic acid groups (broad SMARTS) is 1. The van der Waals surface area contributed by atoms with Crippen LogP contribution >= 0.6 is 0 Å². The Hall–Kier alpha value is -5.79. The fourth-order valence-corrected chi connectivity index (χ4v) is 4.77. The standard InChI is InChI=1S/C34H39N5O9/c1-21(2)18-27(37-34(46)28(36-30(41)16-17-31(42)43)20-23-8-14-26(40)15-9-23)33(45)38-29(19-22-6-4-3-5-7-22)32(44)35-24-10-12-25(13-11-24)39(47)48/h3-15,21,27-29,40H,16-20H2,1-2H3,(H,35,44)(H,36,41)(H,37,46)(H,38,45)(H,42,43)/t27-,28+,29-/m1/s1. The van der Waals surface area contributed by atoms with Crippen LogP contribution in [0.2, 0.25) is 0 Å². The SMILES string of the molecule is CC(C)C[C@@H](NC(=O)[C@H](Cc1ccc(O)cc1)NC(=O)CCC(=O)O)C(=O)N[C@H](Cc1ccccc1)C(=O)Nc1ccc([N+](=O)[O-])cc1. The molecule has 0 saturated heterocycles. The van der Waals surface area contributed by atoms with E-state index < -0.39 is 59.1 Å². The number of amides is 4. The molecule has 254 valence electrons. The molecule has 14 nitrogen and oxygen atoms in total. The van der Waals surface area contributed by atoms with E-state index in [0.29, 0.717) is 5.56 Å². The summed E-state index contributed by atoms with van der Waals surface area (Å²) in [6, 6.07) is 16.7. The molecule has 0 aliphatic carbocycles. The van der Waals surface area contributed by atoms with Crippen molar-refractivity contribution in [2.24, 2.45) is 5.92 Å². The fraction of sp³-hybridized carbons (Fsp3) is 0.324. The number of nitro groups is 1. The molecule has 0 heterocycles. The lowest BCUT2D eigenvalue weighted by atomic mass is 9.99. The molecule has 6 N–H and O–H groups in total. The Balaban J connectivity index is 1.82. The number of hydrogen-bond acceptors (Lipinski definition) is 8. The number of rotatable bonds is 17. The van der Waals surface area contributed by atoms with Gasteiger partial charge in [0, 0.05) is 37.1 Å². The summed E-state index contributed by atoms with van der Waals surface area (Å²) in [5.41, 5.74) is 1.45. The van der Waals surface area contributed by atoms with Gasteiger partial charge in [0.15, 0.2) is 0 Å². The molecule has 48 heavy (non-hydrogen) atoms. The first-order valence-corrected chi connectivity index (χ1v) is 15.3. The van der Waals surface area contributed by atoms with Gasteiger partial charge in [-0.25, -0.2) is 0 Å². The third-order valence-corrected chi connectivity index (χ3v) is 7.20. The molecule has 0 spiro atoms. The van der Waals surface area contributed by atoms with Crippen LogP contribution in [0.15, 0.2) is 78.9 Å². The summed E-state index contributed by atoms with van der Waals surface area (Å²) in [4.78, 5) is 74.8. The zero-order valence-electron chi connectivity index (χ0n) is 26.5. The Bertz CT molecular complexity index is 1580. The Kier molecular flexibility index (Phi) is 13.6. The van der Waals surface area contributed by atoms with E-state index in [9.17, 15) is 39.2 Å². The number of hydrogen-bond donors (Lipinski definition) is 6. The summed E-state index contributed by atoms with van der Waals surface area (Å²) in [6.07, 6.45) is -0.553. The number of nitrogens with zero attached hydrogens (tertiary/aromatic N) is 1. The molecule has 3 aromatic carbocycles. The molecule has 3 atom stereocenters. The van der Waals surface area contributed by atoms with Gasteiger partial charge in [-0.15, -0.1) is 0 Å². The summed E-state index contributed by atoms with van der Waals surface area (Å²) in [7, 11) is 0. The molecule has 0 aliphatic rings. The van der Waals surface area contributed by atoms with Crippen molar-refractivity contribution in [1.29, 1.82) is 0 Å². The van der Waals surface area contributed by atoms with Gasteiger partial charge in [0.05, 0.1) is 11.3 Å². The molecule has 0 fully saturated rings. The highest BCUT2D eigenvalue weighted by atomic mass is 16.6. The molecule has 3 rings (SSSR count). The molecule has 0 bridgehead atoms. The Labute approximate surface area is 277 Å². The zero-order chi connectivity index (χ0) is 35.2. The summed E-state index contributed by atoms with van der Waals surface area (Å²) < 4.78 is 0. The number of phenolic OH excluding ortho intramolecular Hbond substituents is 1. The monoisotopic (exact) mass is 661 g/mol. The minimum atomic E-state index is -1.19. The lowest BCUT2D eigenvalue weighted by molar-refractivity contribution is -0.384. The number of carbonyl (C=O) groups is 5. The van der Waals surface area contributed by atoms with Gasteiger partial charge in [0.1, 0.15) is 23.9 Å². The molecule has 0 aliphatic heterocycles. The summed E-state index contributed by atoms with van der Waals surface area (Å²) >= 11 is 0. The van der Waals surface area contributed by atoms with Crippen molar-refractivity contribution in [3.63, 3.8) is 0 Å². The number of nitrogens with one attached hydrogen (secondary N) is 4. The second-order valence-electron chi connectivity index (χ2n) is 11.6. The zero-order valence-corrected chi connectivity index (χ0v) is 26.5. The lowest BCUT2D eigenvalue weighted by Gasteiger charge is -2.26. The number of carbonyl (C=O) groups excluding carboxylic acids is 4. The highest BCUT2D eigenvalue weighted by Gasteiger charge is 2.31. The van der Waals surface area contributed by atoms with E-state index in [2.05, 4.69) is 21.3 Å². The van der Waals surface area contributed by atoms with E-state index in [-0.39, 0.29) is 48.7 Å². The average molecular weight is 662 g/mol. The predicted molar refractivity (Wildman–Crippen MR) is 176 cm³/mol. The van der Waals surface area contributed by atoms with E-state index in [1.807, 2.05) is 13.8 Å². The Morgan fingerprint density at radius 3 is 1.81 bits per heavy atom. The first-order chi connectivity index (χ1) is 22.8. The second kappa shape index (κ2) is 17.8. The van der Waals surface area contributed by atoms with E-state index in [0.717, 1.165) is 5.56 Å². The number of carboxylic acids is 1. The van der Waals surface area contributed by atoms with E-state index >= 15 is 0 Å². The number of non-ortho nitro benzene ring substituents is 1. The molecule has 0 radical (unpaired) electrons. The topological polar surface area (TPSA) is 217 Å². The minimum Gasteiger partial charge on any atom is -0.508 e. The maximum absolute atomic E-state index is 13.7. The van der Waals surface area contributed by atoms with Crippen LogP contribution in [0.1, 0.15) is 44.2 Å². The van der Waals surface area contributed by atoms with Crippen molar-refractivity contribution in [3.8, 4) is 5.75 Å². The largest absolute Gasteiger partial charge is 0.508 e. The quantitative estimate of drug-likeness (QED) is 0.0924. The number of aromatic hydroxyl groups is 1. The first kappa shape index (κ1) is 36.7. The van der Waals surface area contributed by atoms with Crippen molar-refractivity contribution in [1.82, 2.24) is 16.0 Å². The third kappa shape index (κ3) is 12.2. The second-order valence-corrected chi connectivity index (χ2v) is 11.6. The van der Waals surface area contributed by atoms with Crippen LogP contribution in [0.25, 0.3) is 0 Å². The van der Waals surface area contributed by atoms with Crippen LogP contribution in [0.4, 0.5) is 11.4 Å². The summed E-state index contributed by atoms with van der Waals surface area (Å²) in [6.45, 7) is 3.69. The van der Waals surface area contributed by atoms with Gasteiger partial charge in [-0.1, -0.05) is 56.3 Å². The average Bonchev–Trinajstić information content (AvgIpc) is 3.04. The highest BCUT2D eigenvalue weighted by Crippen LogP contribution is 2.17. The molecule has 3 aromatic rings. The van der Waals surface area contributed by atoms with Gasteiger partial charge in [-0.3, -0.25) is 34.1 Å². The van der Waals surface area contributed by atoms with Crippen LogP contribution in [0.5, 0.6) is 5.75 Å². The number of anilines is 1. The number of benzene rings is 3. The van der Waals surface area contributed by atoms with Gasteiger partial charge in [0.25, 0.3) is 5.69 Å². The number of nitro benzene ring substituents is 1. The van der Waals surface area contributed by atoms with Crippen LogP contribution in [0.3, 0.4) is 0 Å². The molecular formula is C34H39N5O9. The van der Waals surface area contributed by atoms with E-state index in [4.69, 9.17) is 5.11 Å². The van der Waals surface area contributed by atoms with E-state index in [1.165, 1.54) is 36.4 Å². The number of phenols is 1. The van der Waals surface area contributed by atoms with Crippen LogP contribution < -0.4 is 21.3 Å². The van der Waals surface area contributed by atoms with Crippen molar-refractivity contribution in [2.45, 2.75) is 64.1 Å². The Morgan fingerprint density at radius 2 is 1.25 bits per heavy atom. The molecule has 14 heteroatoms. The van der Waals surface area contributed by atoms with E-state index in [1.54, 1.807) is 42.5 Å². The normalized spacial score (nSPS) is 12.6. The smallest absolute Gasteiger partial charge is 0.303 e. The van der Waals surface area contributed by atoms with Crippen LogP contribution in [-0.2, 0) is 36.8 Å². The predicted octanol–water partition coefficient (Wildman–Crippen LogP) is 3.09. The van der Waals surface area contributed by atoms with Crippen molar-refractivity contribution in [3.05, 3.63) is 100 Å². The molecule has 0 saturated carbocycles. The van der Waals surface area contributed by atoms with Crippen molar-refractivity contribution >= 4 is 41.0 Å². The van der Waals surface area contributed by atoms with Crippen molar-refractivity contribution in [2.75, 3.05) is 5.32 Å². The Morgan fingerprint density at radius 1 is 0.708 bits per heavy atom. The lowest BCUT2D eigenvalue weighted by Crippen LogP contribution is -2.57. The van der Waals surface area contributed by atoms with Crippen LogP contribution in [-0.4, -0.2) is 62.9 Å². The van der Waals surface area contributed by atoms with Gasteiger partial charge in [0.2, 0.25) is 23.6 Å². The van der Waals surface area contributed by atoms with Gasteiger partial charge in [-0.05, 0) is 47.7 Å². The van der Waals surface area contributed by atoms with Gasteiger partial charge >= 0.3 is 5.97 Å². The summed E-state index contributed by atoms with van der Waals surface area (Å²) in [5.74, 6) is -3.88.